The number of thiophene rings is 1. The SMILES string of the molecule is O[n+]1cccc(CNc2cc(-c3sccc3Br)nc3c(Br)cnn23)c1. The monoisotopic (exact) mass is 480 g/mol. The number of pyridine rings is 1. The normalized spacial score (nSPS) is 11.1. The van der Waals surface area contributed by atoms with E-state index in [1.54, 1.807) is 40.5 Å². The average molecular weight is 482 g/mol. The highest BCUT2D eigenvalue weighted by atomic mass is 79.9. The van der Waals surface area contributed by atoms with E-state index in [-0.39, 0.29) is 0 Å². The second-order valence-corrected chi connectivity index (χ2v) is 7.92. The lowest BCUT2D eigenvalue weighted by Crippen LogP contribution is -2.29. The summed E-state index contributed by atoms with van der Waals surface area (Å²) in [6.45, 7) is 0.545. The number of hydrogen-bond donors (Lipinski definition) is 2. The van der Waals surface area contributed by atoms with Crippen molar-refractivity contribution >= 4 is 54.7 Å². The lowest BCUT2D eigenvalue weighted by Gasteiger charge is -2.10. The second kappa shape index (κ2) is 6.74. The lowest BCUT2D eigenvalue weighted by atomic mass is 10.3. The van der Waals surface area contributed by atoms with E-state index in [0.717, 1.165) is 41.3 Å². The van der Waals surface area contributed by atoms with Crippen LogP contribution in [0, 0.1) is 0 Å². The topological polar surface area (TPSA) is 66.3 Å². The molecule has 4 aromatic heterocycles. The molecule has 0 saturated carbocycles. The van der Waals surface area contributed by atoms with Gasteiger partial charge in [-0.05, 0) is 49.4 Å². The van der Waals surface area contributed by atoms with Crippen molar-refractivity contribution in [2.45, 2.75) is 6.54 Å². The van der Waals surface area contributed by atoms with E-state index in [9.17, 15) is 5.21 Å². The van der Waals surface area contributed by atoms with Crippen molar-refractivity contribution in [3.8, 4) is 10.6 Å². The van der Waals surface area contributed by atoms with Gasteiger partial charge < -0.3 is 5.32 Å². The molecule has 6 nitrogen and oxygen atoms in total. The zero-order valence-corrected chi connectivity index (χ0v) is 16.7. The van der Waals surface area contributed by atoms with Gasteiger partial charge in [0.05, 0.1) is 21.2 Å². The van der Waals surface area contributed by atoms with Gasteiger partial charge in [-0.2, -0.15) is 9.61 Å². The Morgan fingerprint density at radius 3 is 2.92 bits per heavy atom. The molecule has 4 rings (SSSR count). The summed E-state index contributed by atoms with van der Waals surface area (Å²) in [6, 6.07) is 7.71. The average Bonchev–Trinajstić information content (AvgIpc) is 3.19. The number of hydrogen-bond acceptors (Lipinski definition) is 5. The molecule has 0 atom stereocenters. The van der Waals surface area contributed by atoms with Gasteiger partial charge >= 0.3 is 0 Å². The van der Waals surface area contributed by atoms with E-state index in [1.165, 1.54) is 0 Å². The van der Waals surface area contributed by atoms with Crippen LogP contribution in [0.3, 0.4) is 0 Å². The summed E-state index contributed by atoms with van der Waals surface area (Å²) in [6.07, 6.45) is 4.96. The van der Waals surface area contributed by atoms with Crippen molar-refractivity contribution in [3.63, 3.8) is 0 Å². The molecule has 4 heterocycles. The molecule has 25 heavy (non-hydrogen) atoms. The molecule has 0 aliphatic rings. The van der Waals surface area contributed by atoms with E-state index >= 15 is 0 Å². The third-order valence-electron chi connectivity index (χ3n) is 3.60. The number of aromatic nitrogens is 4. The summed E-state index contributed by atoms with van der Waals surface area (Å²) in [7, 11) is 0. The zero-order valence-electron chi connectivity index (χ0n) is 12.7. The van der Waals surface area contributed by atoms with Gasteiger partial charge in [0.2, 0.25) is 12.4 Å². The maximum absolute atomic E-state index is 9.54. The van der Waals surface area contributed by atoms with Gasteiger partial charge in [0, 0.05) is 33.4 Å². The molecule has 0 aromatic carbocycles. The van der Waals surface area contributed by atoms with Crippen molar-refractivity contribution in [1.29, 1.82) is 0 Å². The van der Waals surface area contributed by atoms with Gasteiger partial charge in [0.1, 0.15) is 5.82 Å². The molecule has 2 N–H and O–H groups in total. The molecule has 0 fully saturated rings. The van der Waals surface area contributed by atoms with Gasteiger partial charge in [-0.3, -0.25) is 5.21 Å². The Morgan fingerprint density at radius 1 is 1.28 bits per heavy atom. The first-order valence-corrected chi connectivity index (χ1v) is 9.79. The van der Waals surface area contributed by atoms with Gasteiger partial charge in [0.25, 0.3) is 0 Å². The van der Waals surface area contributed by atoms with Crippen LogP contribution in [-0.2, 0) is 6.54 Å². The number of nitrogens with one attached hydrogen (secondary N) is 1. The van der Waals surface area contributed by atoms with Gasteiger partial charge in [-0.25, -0.2) is 4.98 Å². The number of nitrogens with zero attached hydrogens (tertiary/aromatic N) is 4. The summed E-state index contributed by atoms with van der Waals surface area (Å²) in [4.78, 5) is 5.78. The third-order valence-corrected chi connectivity index (χ3v) is 6.02. The van der Waals surface area contributed by atoms with Crippen LogP contribution in [0.4, 0.5) is 5.82 Å². The van der Waals surface area contributed by atoms with Gasteiger partial charge in [0.15, 0.2) is 5.65 Å². The fraction of sp³-hybridized carbons (Fsp3) is 0.0625. The van der Waals surface area contributed by atoms with E-state index in [0.29, 0.717) is 6.54 Å². The van der Waals surface area contributed by atoms with Crippen molar-refractivity contribution < 1.29 is 9.94 Å². The molecule has 0 saturated heterocycles. The standard InChI is InChI=1S/C16H12Br2N5OS/c17-11-3-5-25-15(11)13-6-14(23-16(21-13)12(18)8-20-23)19-7-10-2-1-4-22(24)9-10/h1-6,8-9,19,24H,7H2/q+1. The zero-order chi connectivity index (χ0) is 17.4. The van der Waals surface area contributed by atoms with E-state index < -0.39 is 0 Å². The predicted octanol–water partition coefficient (Wildman–Crippen LogP) is 4.12. The van der Waals surface area contributed by atoms with Crippen LogP contribution in [-0.4, -0.2) is 19.8 Å². The van der Waals surface area contributed by atoms with Crippen LogP contribution in [0.2, 0.25) is 0 Å². The molecule has 0 radical (unpaired) electrons. The maximum Gasteiger partial charge on any atom is 0.227 e. The smallest absolute Gasteiger partial charge is 0.227 e. The molecule has 0 bridgehead atoms. The summed E-state index contributed by atoms with van der Waals surface area (Å²) in [5, 5.41) is 19.3. The molecule has 0 unspecified atom stereocenters. The van der Waals surface area contributed by atoms with E-state index in [2.05, 4.69) is 42.3 Å². The Hall–Kier alpha value is -1.97. The fourth-order valence-electron chi connectivity index (χ4n) is 2.46. The Bertz CT molecular complexity index is 1060. The second-order valence-electron chi connectivity index (χ2n) is 5.30. The van der Waals surface area contributed by atoms with Crippen LogP contribution < -0.4 is 10.0 Å². The minimum atomic E-state index is 0.545. The highest BCUT2D eigenvalue weighted by Crippen LogP contribution is 2.34. The molecule has 0 aliphatic carbocycles. The molecule has 0 aliphatic heterocycles. The van der Waals surface area contributed by atoms with Crippen LogP contribution in [0.25, 0.3) is 16.2 Å². The van der Waals surface area contributed by atoms with Crippen LogP contribution in [0.15, 0.2) is 57.2 Å². The highest BCUT2D eigenvalue weighted by molar-refractivity contribution is 9.11. The molecule has 0 spiro atoms. The minimum Gasteiger partial charge on any atom is -0.366 e. The largest absolute Gasteiger partial charge is 0.366 e. The Morgan fingerprint density at radius 2 is 2.16 bits per heavy atom. The lowest BCUT2D eigenvalue weighted by molar-refractivity contribution is -0.905. The number of fused-ring (bicyclic) bond motifs is 1. The molecule has 0 amide bonds. The third kappa shape index (κ3) is 3.26. The summed E-state index contributed by atoms with van der Waals surface area (Å²) < 4.78 is 4.64. The number of halogens is 2. The van der Waals surface area contributed by atoms with Gasteiger partial charge in [-0.15, -0.1) is 11.3 Å². The molecular formula is C16H12Br2N5OS+. The van der Waals surface area contributed by atoms with Crippen LogP contribution >= 0.6 is 43.2 Å². The Balaban J connectivity index is 1.75. The Kier molecular flexibility index (Phi) is 4.45. The summed E-state index contributed by atoms with van der Waals surface area (Å²) in [5.74, 6) is 0.819. The van der Waals surface area contributed by atoms with Crippen molar-refractivity contribution in [1.82, 2.24) is 14.6 Å². The minimum absolute atomic E-state index is 0.545. The van der Waals surface area contributed by atoms with Gasteiger partial charge in [-0.1, -0.05) is 0 Å². The quantitative estimate of drug-likeness (QED) is 0.340. The number of rotatable bonds is 4. The summed E-state index contributed by atoms with van der Waals surface area (Å²) in [5.41, 5.74) is 2.55. The molecular weight excluding hydrogens is 470 g/mol. The predicted molar refractivity (Wildman–Crippen MR) is 103 cm³/mol. The van der Waals surface area contributed by atoms with E-state index in [4.69, 9.17) is 4.98 Å². The highest BCUT2D eigenvalue weighted by Gasteiger charge is 2.14. The van der Waals surface area contributed by atoms with Crippen LogP contribution in [0.5, 0.6) is 0 Å². The molecule has 126 valence electrons. The first kappa shape index (κ1) is 16.5. The van der Waals surface area contributed by atoms with E-state index in [1.807, 2.05) is 23.6 Å². The summed E-state index contributed by atoms with van der Waals surface area (Å²) >= 11 is 8.70. The maximum atomic E-state index is 9.54. The Labute approximate surface area is 164 Å². The molecule has 9 heteroatoms. The first-order valence-electron chi connectivity index (χ1n) is 7.33. The van der Waals surface area contributed by atoms with Crippen LogP contribution in [0.1, 0.15) is 5.56 Å². The van der Waals surface area contributed by atoms with Crippen molar-refractivity contribution in [3.05, 3.63) is 62.7 Å². The fourth-order valence-corrected chi connectivity index (χ4v) is 4.35. The van der Waals surface area contributed by atoms with Crippen molar-refractivity contribution in [2.24, 2.45) is 0 Å². The molecule has 4 aromatic rings. The van der Waals surface area contributed by atoms with Crippen molar-refractivity contribution in [2.75, 3.05) is 5.32 Å². The number of anilines is 1. The first-order chi connectivity index (χ1) is 12.1.